The monoisotopic (exact) mass is 504 g/mol. The maximum atomic E-state index is 13.1. The van der Waals surface area contributed by atoms with Crippen LogP contribution in [0.1, 0.15) is 12.8 Å². The second kappa shape index (κ2) is 9.09. The quantitative estimate of drug-likeness (QED) is 0.664. The van der Waals surface area contributed by atoms with E-state index in [2.05, 4.69) is 5.32 Å². The Morgan fingerprint density at radius 3 is 2.43 bits per heavy atom. The molecule has 1 N–H and O–H groups in total. The van der Waals surface area contributed by atoms with Crippen molar-refractivity contribution >= 4 is 40.9 Å². The van der Waals surface area contributed by atoms with Gasteiger partial charge in [0.15, 0.2) is 0 Å². The van der Waals surface area contributed by atoms with E-state index in [1.54, 1.807) is 41.3 Å². The highest BCUT2D eigenvalue weighted by Crippen LogP contribution is 2.40. The van der Waals surface area contributed by atoms with Crippen LogP contribution in [0.25, 0.3) is 11.1 Å². The summed E-state index contributed by atoms with van der Waals surface area (Å²) in [7, 11) is 0. The van der Waals surface area contributed by atoms with Crippen molar-refractivity contribution < 1.29 is 27.9 Å². The van der Waals surface area contributed by atoms with E-state index in [-0.39, 0.29) is 25.4 Å². The highest BCUT2D eigenvalue weighted by molar-refractivity contribution is 6.36. The molecule has 3 aliphatic rings. The van der Waals surface area contributed by atoms with Gasteiger partial charge in [0.25, 0.3) is 6.43 Å². The Kier molecular flexibility index (Phi) is 6.10. The van der Waals surface area contributed by atoms with Crippen molar-refractivity contribution in [3.05, 3.63) is 47.5 Å². The summed E-state index contributed by atoms with van der Waals surface area (Å²) < 4.78 is 31.4. The fourth-order valence-electron chi connectivity index (χ4n) is 4.76. The summed E-state index contributed by atoms with van der Waals surface area (Å²) in [6.45, 7) is 0.597. The minimum atomic E-state index is -2.61. The molecule has 0 atom stereocenters. The molecule has 5 amide bonds. The Balaban J connectivity index is 1.43. The third-order valence-corrected chi connectivity index (χ3v) is 7.04. The Hall–Kier alpha value is -3.24. The van der Waals surface area contributed by atoms with Gasteiger partial charge in [0, 0.05) is 30.8 Å². The number of carbonyl (C=O) groups is 3. The molecule has 2 aromatic carbocycles. The van der Waals surface area contributed by atoms with Gasteiger partial charge in [0.2, 0.25) is 5.91 Å². The Labute approximate surface area is 205 Å². The molecule has 1 spiro atoms. The number of anilines is 2. The predicted octanol–water partition coefficient (Wildman–Crippen LogP) is 4.12. The lowest BCUT2D eigenvalue weighted by molar-refractivity contribution is -0.120. The maximum absolute atomic E-state index is 13.1. The number of nitrogens with zero attached hydrogens (tertiary/aromatic N) is 3. The summed E-state index contributed by atoms with van der Waals surface area (Å²) in [5, 5.41) is 2.64. The van der Waals surface area contributed by atoms with Crippen LogP contribution in [0, 0.1) is 0 Å². The minimum Gasteiger partial charge on any atom is -0.376 e. The molecule has 0 aliphatic carbocycles. The molecule has 0 unspecified atom stereocenters. The van der Waals surface area contributed by atoms with Crippen molar-refractivity contribution in [1.82, 2.24) is 10.2 Å². The van der Waals surface area contributed by atoms with E-state index in [9.17, 15) is 23.2 Å². The molecule has 0 saturated carbocycles. The number of alkyl halides is 2. The predicted molar refractivity (Wildman–Crippen MR) is 126 cm³/mol. The van der Waals surface area contributed by atoms with Gasteiger partial charge in [-0.05, 0) is 30.2 Å². The van der Waals surface area contributed by atoms with Crippen molar-refractivity contribution in [1.29, 1.82) is 0 Å². The topological polar surface area (TPSA) is 82.2 Å². The highest BCUT2D eigenvalue weighted by atomic mass is 35.5. The van der Waals surface area contributed by atoms with Gasteiger partial charge < -0.3 is 9.64 Å². The summed E-state index contributed by atoms with van der Waals surface area (Å²) in [6, 6.07) is 11.4. The molecule has 0 aromatic heterocycles. The second-order valence-corrected chi connectivity index (χ2v) is 9.24. The van der Waals surface area contributed by atoms with Gasteiger partial charge in [-0.2, -0.15) is 0 Å². The van der Waals surface area contributed by atoms with Gasteiger partial charge in [0.05, 0.1) is 36.0 Å². The number of imide groups is 1. The summed E-state index contributed by atoms with van der Waals surface area (Å²) in [5.41, 5.74) is 1.96. The van der Waals surface area contributed by atoms with Crippen LogP contribution < -0.4 is 15.1 Å². The van der Waals surface area contributed by atoms with Crippen LogP contribution in [0.15, 0.2) is 42.5 Å². The van der Waals surface area contributed by atoms with E-state index in [1.165, 1.54) is 9.80 Å². The molecule has 184 valence electrons. The van der Waals surface area contributed by atoms with Crippen LogP contribution in [-0.4, -0.2) is 67.7 Å². The second-order valence-electron chi connectivity index (χ2n) is 8.86. The molecule has 11 heteroatoms. The lowest BCUT2D eigenvalue weighted by Gasteiger charge is -2.54. The summed E-state index contributed by atoms with van der Waals surface area (Å²) in [5.74, 6) is -0.330. The molecule has 5 rings (SSSR count). The molecule has 8 nitrogen and oxygen atoms in total. The maximum Gasteiger partial charge on any atom is 0.328 e. The first-order valence-corrected chi connectivity index (χ1v) is 11.6. The molecule has 2 aromatic rings. The number of ether oxygens (including phenoxy) is 1. The first kappa shape index (κ1) is 23.5. The number of rotatable bonds is 5. The molecule has 3 aliphatic heterocycles. The van der Waals surface area contributed by atoms with Gasteiger partial charge in [-0.1, -0.05) is 35.9 Å². The van der Waals surface area contributed by atoms with Crippen LogP contribution in [-0.2, 0) is 9.53 Å². The number of halogens is 3. The van der Waals surface area contributed by atoms with E-state index < -0.39 is 30.6 Å². The number of amides is 5. The van der Waals surface area contributed by atoms with Crippen molar-refractivity contribution in [2.24, 2.45) is 0 Å². The fraction of sp³-hybridized carbons (Fsp3) is 0.375. The Bertz CT molecular complexity index is 1170. The zero-order valence-corrected chi connectivity index (χ0v) is 19.4. The van der Waals surface area contributed by atoms with Gasteiger partial charge in [-0.3, -0.25) is 19.9 Å². The third-order valence-electron chi connectivity index (χ3n) is 6.64. The average molecular weight is 505 g/mol. The summed E-state index contributed by atoms with van der Waals surface area (Å²) in [6.07, 6.45) is -1.88. The number of urea groups is 2. The van der Waals surface area contributed by atoms with Gasteiger partial charge >= 0.3 is 12.1 Å². The summed E-state index contributed by atoms with van der Waals surface area (Å²) >= 11 is 6.67. The molecule has 3 fully saturated rings. The minimum absolute atomic E-state index is 0.179. The number of hydrogen-bond acceptors (Lipinski definition) is 4. The van der Waals surface area contributed by atoms with Crippen LogP contribution in [0.2, 0.25) is 5.02 Å². The largest absolute Gasteiger partial charge is 0.376 e. The lowest BCUT2D eigenvalue weighted by Crippen LogP contribution is -2.71. The molecule has 0 bridgehead atoms. The highest BCUT2D eigenvalue weighted by Gasteiger charge is 2.51. The smallest absolute Gasteiger partial charge is 0.328 e. The van der Waals surface area contributed by atoms with E-state index in [0.29, 0.717) is 41.6 Å². The van der Waals surface area contributed by atoms with Crippen molar-refractivity contribution in [3.8, 4) is 11.1 Å². The van der Waals surface area contributed by atoms with Gasteiger partial charge in [0.1, 0.15) is 0 Å². The number of nitrogens with one attached hydrogen (secondary N) is 1. The van der Waals surface area contributed by atoms with Crippen LogP contribution in [0.5, 0.6) is 0 Å². The molecule has 3 heterocycles. The van der Waals surface area contributed by atoms with E-state index >= 15 is 0 Å². The number of benzene rings is 2. The van der Waals surface area contributed by atoms with Crippen LogP contribution >= 0.6 is 11.6 Å². The normalized spacial score (nSPS) is 19.9. The fourth-order valence-corrected chi connectivity index (χ4v) is 5.10. The van der Waals surface area contributed by atoms with Crippen molar-refractivity contribution in [3.63, 3.8) is 0 Å². The molecular formula is C24H23ClF2N4O4. The Morgan fingerprint density at radius 2 is 1.80 bits per heavy atom. The van der Waals surface area contributed by atoms with Crippen molar-refractivity contribution in [2.45, 2.75) is 24.8 Å². The van der Waals surface area contributed by atoms with E-state index in [1.807, 2.05) is 6.07 Å². The van der Waals surface area contributed by atoms with Crippen LogP contribution in [0.3, 0.4) is 0 Å². The SMILES string of the molecule is O=C1CCN(c2cccc(-c3ccc(N4C(=O)N(CC(F)F)CCC45COC5)cc3)c2Cl)C(=O)N1. The zero-order valence-electron chi connectivity index (χ0n) is 18.7. The number of hydrogen-bond donors (Lipinski definition) is 1. The molecular weight excluding hydrogens is 482 g/mol. The van der Waals surface area contributed by atoms with E-state index in [4.69, 9.17) is 16.3 Å². The van der Waals surface area contributed by atoms with E-state index in [0.717, 1.165) is 5.56 Å². The standard InChI is InChI=1S/C24H23ClF2N4O4/c25-21-17(2-1-3-18(21)30-10-8-20(32)28-22(30)33)15-4-6-16(7-5-15)31-23(34)29(12-19(26)27)11-9-24(31)13-35-14-24/h1-7,19H,8-14H2,(H,28,32,33). The first-order valence-electron chi connectivity index (χ1n) is 11.2. The average Bonchev–Trinajstić information content (AvgIpc) is 2.80. The van der Waals surface area contributed by atoms with Gasteiger partial charge in [-0.15, -0.1) is 0 Å². The first-order chi connectivity index (χ1) is 16.8. The third kappa shape index (κ3) is 4.21. The van der Waals surface area contributed by atoms with Crippen LogP contribution in [0.4, 0.5) is 29.7 Å². The number of carbonyl (C=O) groups excluding carboxylic acids is 3. The van der Waals surface area contributed by atoms with Crippen molar-refractivity contribution in [2.75, 3.05) is 42.6 Å². The molecule has 35 heavy (non-hydrogen) atoms. The molecule has 0 radical (unpaired) electrons. The molecule has 3 saturated heterocycles. The summed E-state index contributed by atoms with van der Waals surface area (Å²) in [4.78, 5) is 41.1. The zero-order chi connectivity index (χ0) is 24.7. The van der Waals surface area contributed by atoms with Gasteiger partial charge in [-0.25, -0.2) is 18.4 Å². The Morgan fingerprint density at radius 1 is 1.06 bits per heavy atom. The lowest BCUT2D eigenvalue weighted by atomic mass is 9.87.